The third kappa shape index (κ3) is 1.56. The first-order valence-electron chi connectivity index (χ1n) is 6.00. The van der Waals surface area contributed by atoms with Crippen LogP contribution in [0.5, 0.6) is 0 Å². The summed E-state index contributed by atoms with van der Waals surface area (Å²) in [5, 5.41) is 20.0. The van der Waals surface area contributed by atoms with Crippen LogP contribution in [0.15, 0.2) is 21.2 Å². The van der Waals surface area contributed by atoms with Crippen LogP contribution in [0.4, 0.5) is 0 Å². The molecule has 2 aliphatic rings. The SMILES string of the molecule is N#CC1(C(O)c2ccc(Br)o2)CC2CCC1C2. The fraction of sp³-hybridized carbons (Fsp3) is 0.615. The third-order valence-electron chi connectivity index (χ3n) is 4.46. The van der Waals surface area contributed by atoms with Crippen molar-refractivity contribution in [3.63, 3.8) is 0 Å². The summed E-state index contributed by atoms with van der Waals surface area (Å²) in [4.78, 5) is 0. The van der Waals surface area contributed by atoms with Crippen LogP contribution < -0.4 is 0 Å². The van der Waals surface area contributed by atoms with E-state index < -0.39 is 11.5 Å². The molecular weight excluding hydrogens is 282 g/mol. The molecule has 2 fully saturated rings. The molecular formula is C13H14BrNO2. The Balaban J connectivity index is 1.94. The van der Waals surface area contributed by atoms with Crippen LogP contribution in [0.2, 0.25) is 0 Å². The second kappa shape index (κ2) is 3.86. The van der Waals surface area contributed by atoms with E-state index in [1.807, 2.05) is 0 Å². The van der Waals surface area contributed by atoms with Gasteiger partial charge in [-0.3, -0.25) is 0 Å². The maximum absolute atomic E-state index is 10.5. The molecule has 17 heavy (non-hydrogen) atoms. The number of hydrogen-bond acceptors (Lipinski definition) is 3. The third-order valence-corrected chi connectivity index (χ3v) is 4.88. The predicted octanol–water partition coefficient (Wildman–Crippen LogP) is 3.41. The molecule has 4 atom stereocenters. The van der Waals surface area contributed by atoms with Crippen molar-refractivity contribution in [3.8, 4) is 6.07 Å². The second-order valence-electron chi connectivity index (χ2n) is 5.28. The molecule has 0 aromatic carbocycles. The van der Waals surface area contributed by atoms with Gasteiger partial charge in [-0.15, -0.1) is 0 Å². The molecule has 3 rings (SSSR count). The van der Waals surface area contributed by atoms with E-state index in [2.05, 4.69) is 22.0 Å². The van der Waals surface area contributed by atoms with E-state index in [1.165, 1.54) is 6.42 Å². The predicted molar refractivity (Wildman–Crippen MR) is 64.9 cm³/mol. The van der Waals surface area contributed by atoms with Gasteiger partial charge in [-0.05, 0) is 59.2 Å². The Morgan fingerprint density at radius 2 is 2.35 bits per heavy atom. The Hall–Kier alpha value is -0.790. The average molecular weight is 296 g/mol. The van der Waals surface area contributed by atoms with Crippen molar-refractivity contribution in [2.75, 3.05) is 0 Å². The summed E-state index contributed by atoms with van der Waals surface area (Å²) in [6.07, 6.45) is 3.38. The van der Waals surface area contributed by atoms with Crippen molar-refractivity contribution in [2.45, 2.75) is 31.8 Å². The van der Waals surface area contributed by atoms with Crippen molar-refractivity contribution in [2.24, 2.45) is 17.3 Å². The first-order chi connectivity index (χ1) is 8.15. The Kier molecular flexibility index (Phi) is 2.57. The Morgan fingerprint density at radius 3 is 2.82 bits per heavy atom. The summed E-state index contributed by atoms with van der Waals surface area (Å²) >= 11 is 3.23. The first-order valence-corrected chi connectivity index (χ1v) is 6.79. The van der Waals surface area contributed by atoms with Crippen molar-refractivity contribution in [1.29, 1.82) is 5.26 Å². The lowest BCUT2D eigenvalue weighted by Gasteiger charge is -2.34. The van der Waals surface area contributed by atoms with E-state index in [4.69, 9.17) is 4.42 Å². The summed E-state index contributed by atoms with van der Waals surface area (Å²) in [6, 6.07) is 5.90. The van der Waals surface area contributed by atoms with E-state index >= 15 is 0 Å². The van der Waals surface area contributed by atoms with Crippen molar-refractivity contribution in [3.05, 3.63) is 22.6 Å². The number of aliphatic hydroxyl groups is 1. The lowest BCUT2D eigenvalue weighted by atomic mass is 9.69. The maximum Gasteiger partial charge on any atom is 0.169 e. The zero-order valence-corrected chi connectivity index (χ0v) is 11.0. The molecule has 4 heteroatoms. The van der Waals surface area contributed by atoms with Crippen LogP contribution in [0.1, 0.15) is 37.5 Å². The Morgan fingerprint density at radius 1 is 1.53 bits per heavy atom. The minimum Gasteiger partial charge on any atom is -0.452 e. The van der Waals surface area contributed by atoms with Gasteiger partial charge in [-0.2, -0.15) is 5.26 Å². The highest BCUT2D eigenvalue weighted by Crippen LogP contribution is 2.60. The number of nitrogens with zero attached hydrogens (tertiary/aromatic N) is 1. The number of furan rings is 1. The molecule has 90 valence electrons. The zero-order valence-electron chi connectivity index (χ0n) is 9.40. The maximum atomic E-state index is 10.5. The average Bonchev–Trinajstić information content (AvgIpc) is 3.02. The quantitative estimate of drug-likeness (QED) is 0.910. The highest BCUT2D eigenvalue weighted by atomic mass is 79.9. The number of hydrogen-bond donors (Lipinski definition) is 1. The largest absolute Gasteiger partial charge is 0.452 e. The normalized spacial score (nSPS) is 37.0. The molecule has 2 bridgehead atoms. The van der Waals surface area contributed by atoms with Crippen LogP contribution in [0.25, 0.3) is 0 Å². The van der Waals surface area contributed by atoms with Crippen molar-refractivity contribution < 1.29 is 9.52 Å². The first kappa shape index (κ1) is 11.3. The number of fused-ring (bicyclic) bond motifs is 2. The van der Waals surface area contributed by atoms with Gasteiger partial charge in [-0.25, -0.2) is 0 Å². The summed E-state index contributed by atoms with van der Waals surface area (Å²) in [7, 11) is 0. The number of halogens is 1. The zero-order chi connectivity index (χ0) is 12.0. The molecule has 3 nitrogen and oxygen atoms in total. The molecule has 1 aromatic rings. The van der Waals surface area contributed by atoms with Gasteiger partial charge in [0.1, 0.15) is 11.9 Å². The van der Waals surface area contributed by atoms with E-state index in [0.29, 0.717) is 22.3 Å². The molecule has 0 saturated heterocycles. The number of rotatable bonds is 2. The van der Waals surface area contributed by atoms with Crippen LogP contribution >= 0.6 is 15.9 Å². The van der Waals surface area contributed by atoms with Crippen LogP contribution in [0, 0.1) is 28.6 Å². The summed E-state index contributed by atoms with van der Waals surface area (Å²) in [6.45, 7) is 0. The van der Waals surface area contributed by atoms with Crippen LogP contribution in [0.3, 0.4) is 0 Å². The monoisotopic (exact) mass is 295 g/mol. The van der Waals surface area contributed by atoms with Gasteiger partial charge in [0.2, 0.25) is 0 Å². The van der Waals surface area contributed by atoms with Gasteiger partial charge in [0, 0.05) is 0 Å². The molecule has 1 heterocycles. The fourth-order valence-corrected chi connectivity index (χ4v) is 3.95. The minimum absolute atomic E-state index is 0.330. The van der Waals surface area contributed by atoms with Gasteiger partial charge in [0.15, 0.2) is 4.67 Å². The van der Waals surface area contributed by atoms with Crippen molar-refractivity contribution >= 4 is 15.9 Å². The molecule has 2 aliphatic carbocycles. The Bertz CT molecular complexity index is 478. The standard InChI is InChI=1S/C13H14BrNO2/c14-11-4-3-10(17-11)12(16)13(7-15)6-8-1-2-9(13)5-8/h3-4,8-9,12,16H,1-2,5-6H2. The van der Waals surface area contributed by atoms with Gasteiger partial charge >= 0.3 is 0 Å². The van der Waals surface area contributed by atoms with Crippen LogP contribution in [-0.2, 0) is 0 Å². The lowest BCUT2D eigenvalue weighted by molar-refractivity contribution is 0.00751. The van der Waals surface area contributed by atoms with E-state index in [1.54, 1.807) is 12.1 Å². The van der Waals surface area contributed by atoms with Gasteiger partial charge in [0.25, 0.3) is 0 Å². The lowest BCUT2D eigenvalue weighted by Crippen LogP contribution is -2.33. The molecule has 2 saturated carbocycles. The van der Waals surface area contributed by atoms with E-state index in [0.717, 1.165) is 19.3 Å². The molecule has 1 aromatic heterocycles. The molecule has 0 radical (unpaired) electrons. The minimum atomic E-state index is -0.797. The second-order valence-corrected chi connectivity index (χ2v) is 6.06. The Labute approximate surface area is 109 Å². The van der Waals surface area contributed by atoms with E-state index in [9.17, 15) is 10.4 Å². The van der Waals surface area contributed by atoms with Gasteiger partial charge in [0.05, 0.1) is 11.5 Å². The van der Waals surface area contributed by atoms with Gasteiger partial charge < -0.3 is 9.52 Å². The fourth-order valence-electron chi connectivity index (χ4n) is 3.63. The smallest absolute Gasteiger partial charge is 0.169 e. The molecule has 0 aliphatic heterocycles. The highest BCUT2D eigenvalue weighted by Gasteiger charge is 2.56. The summed E-state index contributed by atoms with van der Waals surface area (Å²) in [5.41, 5.74) is -0.625. The highest BCUT2D eigenvalue weighted by molar-refractivity contribution is 9.10. The topological polar surface area (TPSA) is 57.2 Å². The molecule has 1 N–H and O–H groups in total. The molecule has 0 amide bonds. The number of aliphatic hydroxyl groups excluding tert-OH is 1. The van der Waals surface area contributed by atoms with Crippen molar-refractivity contribution in [1.82, 2.24) is 0 Å². The summed E-state index contributed by atoms with van der Waals surface area (Å²) < 4.78 is 6.01. The number of nitriles is 1. The summed E-state index contributed by atoms with van der Waals surface area (Å²) in [5.74, 6) is 1.45. The van der Waals surface area contributed by atoms with E-state index in [-0.39, 0.29) is 0 Å². The molecule has 4 unspecified atom stereocenters. The molecule has 0 spiro atoms. The van der Waals surface area contributed by atoms with Crippen LogP contribution in [-0.4, -0.2) is 5.11 Å². The van der Waals surface area contributed by atoms with Gasteiger partial charge in [-0.1, -0.05) is 6.42 Å².